The molecule has 1 amide bonds. The van der Waals surface area contributed by atoms with Crippen LogP contribution < -0.4 is 10.6 Å². The summed E-state index contributed by atoms with van der Waals surface area (Å²) in [4.78, 5) is 54.6. The number of hydrogen-bond acceptors (Lipinski definition) is 10. The number of nitrogens with two attached hydrogens (primary N) is 1. The lowest BCUT2D eigenvalue weighted by Gasteiger charge is -2.45. The van der Waals surface area contributed by atoms with Crippen molar-refractivity contribution in [2.45, 2.75) is 36.7 Å². The van der Waals surface area contributed by atoms with Crippen molar-refractivity contribution in [3.63, 3.8) is 0 Å². The van der Waals surface area contributed by atoms with Crippen LogP contribution in [0.3, 0.4) is 0 Å². The number of primary amides is 1. The summed E-state index contributed by atoms with van der Waals surface area (Å²) in [6.45, 7) is 1.91. The molecule has 3 atom stereocenters. The molecule has 208 valence electrons. The first-order valence-corrected chi connectivity index (χ1v) is 13.4. The number of aryl methyl sites for hydroxylation is 1. The second-order valence-electron chi connectivity index (χ2n) is 10.7. The van der Waals surface area contributed by atoms with Crippen molar-refractivity contribution < 1.29 is 39.6 Å². The van der Waals surface area contributed by atoms with Crippen LogP contribution in [0.2, 0.25) is 0 Å². The number of Topliss-reactive ketones (excluding diaryl/α,β-unsaturated/α-hetero) is 2. The predicted octanol–water partition coefficient (Wildman–Crippen LogP) is 2.89. The molecule has 2 aromatic carbocycles. The van der Waals surface area contributed by atoms with E-state index in [9.17, 15) is 39.6 Å². The minimum absolute atomic E-state index is 0.0283. The number of aromatic hydroxyl groups is 1. The van der Waals surface area contributed by atoms with Gasteiger partial charge in [-0.05, 0) is 61.2 Å². The lowest BCUT2D eigenvalue weighted by molar-refractivity contribution is -0.144. The van der Waals surface area contributed by atoms with Crippen molar-refractivity contribution >= 4 is 40.0 Å². The molecule has 0 aromatic heterocycles. The fourth-order valence-corrected chi connectivity index (χ4v) is 6.74. The van der Waals surface area contributed by atoms with E-state index >= 15 is 0 Å². The van der Waals surface area contributed by atoms with E-state index in [4.69, 9.17) is 5.73 Å². The molecule has 0 saturated carbocycles. The number of aliphatic hydroxyl groups excluding tert-OH is 2. The van der Waals surface area contributed by atoms with Crippen LogP contribution in [0.25, 0.3) is 0 Å². The summed E-state index contributed by atoms with van der Waals surface area (Å²) in [6.07, 6.45) is -0.125. The van der Waals surface area contributed by atoms with E-state index in [1.165, 1.54) is 6.07 Å². The maximum absolute atomic E-state index is 13.9. The smallest absolute Gasteiger partial charge is 0.255 e. The SMILES string of the molecule is Cc1ccc(SC(=O)c2cc(N(C)C)c3c(c2O)C(=O)C2=C(O)[C@]4(O)C(=O)C(C(N)=O)=C(O)CC4CC2C3)cc1. The molecule has 0 fully saturated rings. The quantitative estimate of drug-likeness (QED) is 0.274. The van der Waals surface area contributed by atoms with Gasteiger partial charge in [0.05, 0.1) is 11.1 Å². The van der Waals surface area contributed by atoms with Gasteiger partial charge in [-0.1, -0.05) is 17.7 Å². The van der Waals surface area contributed by atoms with Crippen LogP contribution >= 0.6 is 11.8 Å². The Morgan fingerprint density at radius 1 is 1.07 bits per heavy atom. The first-order valence-electron chi connectivity index (χ1n) is 12.6. The van der Waals surface area contributed by atoms with Crippen molar-refractivity contribution in [1.29, 1.82) is 0 Å². The standard InChI is InChI=1S/C29H28N2O8S/c1-12-4-6-15(7-5-12)40-28(38)17-11-18(31(2)3)16-9-13-8-14-10-19(32)22(27(30)37)26(36)29(14,39)25(35)20(13)24(34)21(16)23(17)33/h4-7,11,13-14,32-33,35,39H,8-10H2,1-3H3,(H2,30,37)/t13?,14?,29-/m0/s1. The number of carbonyl (C=O) groups is 4. The van der Waals surface area contributed by atoms with Gasteiger partial charge in [-0.3, -0.25) is 19.2 Å². The Morgan fingerprint density at radius 3 is 2.33 bits per heavy atom. The lowest BCUT2D eigenvalue weighted by Crippen LogP contribution is -2.57. The Morgan fingerprint density at radius 2 is 1.73 bits per heavy atom. The highest BCUT2D eigenvalue weighted by Gasteiger charge is 2.59. The minimum atomic E-state index is -2.65. The van der Waals surface area contributed by atoms with E-state index in [-0.39, 0.29) is 36.0 Å². The number of carbonyl (C=O) groups excluding carboxylic acids is 4. The maximum atomic E-state index is 13.9. The van der Waals surface area contributed by atoms with Gasteiger partial charge in [0.15, 0.2) is 11.4 Å². The summed E-state index contributed by atoms with van der Waals surface area (Å²) < 4.78 is 0. The lowest BCUT2D eigenvalue weighted by atomic mass is 9.60. The van der Waals surface area contributed by atoms with E-state index in [1.807, 2.05) is 19.1 Å². The molecular weight excluding hydrogens is 536 g/mol. The van der Waals surface area contributed by atoms with E-state index in [2.05, 4.69) is 0 Å². The Kier molecular flexibility index (Phi) is 6.54. The number of hydrogen-bond donors (Lipinski definition) is 5. The number of rotatable bonds is 4. The molecule has 0 bridgehead atoms. The largest absolute Gasteiger partial charge is 0.511 e. The second-order valence-corrected chi connectivity index (χ2v) is 11.7. The average Bonchev–Trinajstić information content (AvgIpc) is 2.87. The van der Waals surface area contributed by atoms with Gasteiger partial charge >= 0.3 is 0 Å². The number of allylic oxidation sites excluding steroid dienone is 2. The van der Waals surface area contributed by atoms with Crippen LogP contribution in [0.5, 0.6) is 5.75 Å². The first-order chi connectivity index (χ1) is 18.8. The number of thioether (sulfide) groups is 1. The molecule has 3 aliphatic carbocycles. The summed E-state index contributed by atoms with van der Waals surface area (Å²) in [6, 6.07) is 8.76. The van der Waals surface area contributed by atoms with Crippen molar-refractivity contribution in [3.05, 3.63) is 75.3 Å². The van der Waals surface area contributed by atoms with Crippen molar-refractivity contribution in [2.75, 3.05) is 19.0 Å². The van der Waals surface area contributed by atoms with Crippen LogP contribution in [-0.2, 0) is 16.0 Å². The second kappa shape index (κ2) is 9.53. The molecule has 11 heteroatoms. The minimum Gasteiger partial charge on any atom is -0.511 e. The molecular formula is C29H28N2O8S. The Hall–Kier alpha value is -4.09. The highest BCUT2D eigenvalue weighted by molar-refractivity contribution is 8.14. The number of nitrogens with zero attached hydrogens (tertiary/aromatic N) is 1. The fraction of sp³-hybridized carbons (Fsp3) is 0.310. The van der Waals surface area contributed by atoms with Gasteiger partial charge in [0, 0.05) is 42.6 Å². The summed E-state index contributed by atoms with van der Waals surface area (Å²) in [5.74, 6) is -7.14. The highest BCUT2D eigenvalue weighted by Crippen LogP contribution is 2.53. The molecule has 3 aliphatic rings. The average molecular weight is 565 g/mol. The monoisotopic (exact) mass is 564 g/mol. The Labute approximate surface area is 233 Å². The number of anilines is 1. The van der Waals surface area contributed by atoms with Gasteiger partial charge < -0.3 is 31.1 Å². The number of ketones is 2. The number of amides is 1. The summed E-state index contributed by atoms with van der Waals surface area (Å²) in [5, 5.41) is 43.7. The molecule has 0 saturated heterocycles. The molecule has 0 radical (unpaired) electrons. The van der Waals surface area contributed by atoms with E-state index in [0.717, 1.165) is 17.3 Å². The fourth-order valence-electron chi connectivity index (χ4n) is 5.99. The van der Waals surface area contributed by atoms with Gasteiger partial charge in [0.2, 0.25) is 10.9 Å². The summed E-state index contributed by atoms with van der Waals surface area (Å²) in [5.41, 5.74) is 3.17. The van der Waals surface area contributed by atoms with Gasteiger partial charge in [0.1, 0.15) is 22.8 Å². The van der Waals surface area contributed by atoms with Crippen molar-refractivity contribution in [3.8, 4) is 5.75 Å². The number of fused-ring (bicyclic) bond motifs is 3. The van der Waals surface area contributed by atoms with Gasteiger partial charge in [0.25, 0.3) is 5.91 Å². The Balaban J connectivity index is 1.64. The van der Waals surface area contributed by atoms with E-state index in [0.29, 0.717) is 16.1 Å². The molecule has 40 heavy (non-hydrogen) atoms. The molecule has 2 unspecified atom stereocenters. The number of phenols is 1. The number of benzene rings is 2. The van der Waals surface area contributed by atoms with E-state index in [1.54, 1.807) is 31.1 Å². The van der Waals surface area contributed by atoms with Crippen LogP contribution in [0, 0.1) is 18.8 Å². The van der Waals surface area contributed by atoms with Crippen LogP contribution in [0.1, 0.15) is 44.7 Å². The zero-order valence-corrected chi connectivity index (χ0v) is 22.8. The van der Waals surface area contributed by atoms with Crippen LogP contribution in [-0.4, -0.2) is 62.7 Å². The van der Waals surface area contributed by atoms with Gasteiger partial charge in [-0.15, -0.1) is 0 Å². The third kappa shape index (κ3) is 3.99. The normalized spacial score (nSPS) is 23.9. The third-order valence-electron chi connectivity index (χ3n) is 7.97. The number of aliphatic hydroxyl groups is 3. The zero-order chi connectivity index (χ0) is 29.3. The summed E-state index contributed by atoms with van der Waals surface area (Å²) in [7, 11) is 3.46. The molecule has 6 N–H and O–H groups in total. The molecule has 2 aromatic rings. The molecule has 0 heterocycles. The first kappa shape index (κ1) is 27.5. The van der Waals surface area contributed by atoms with Gasteiger partial charge in [-0.2, -0.15) is 0 Å². The van der Waals surface area contributed by atoms with E-state index < -0.39 is 62.9 Å². The van der Waals surface area contributed by atoms with Crippen LogP contribution in [0.4, 0.5) is 5.69 Å². The van der Waals surface area contributed by atoms with Gasteiger partial charge in [-0.25, -0.2) is 0 Å². The molecule has 5 rings (SSSR count). The Bertz CT molecular complexity index is 1570. The van der Waals surface area contributed by atoms with Crippen molar-refractivity contribution in [1.82, 2.24) is 0 Å². The highest BCUT2D eigenvalue weighted by atomic mass is 32.2. The summed E-state index contributed by atoms with van der Waals surface area (Å²) >= 11 is 0.886. The van der Waals surface area contributed by atoms with Crippen LogP contribution in [0.15, 0.2) is 57.9 Å². The maximum Gasteiger partial charge on any atom is 0.255 e. The molecule has 0 spiro atoms. The predicted molar refractivity (Wildman–Crippen MR) is 147 cm³/mol. The topological polar surface area (TPSA) is 178 Å². The molecule has 0 aliphatic heterocycles. The number of phenolic OH excluding ortho intramolecular Hbond substituents is 1. The third-order valence-corrected chi connectivity index (χ3v) is 8.88. The molecule has 10 nitrogen and oxygen atoms in total. The zero-order valence-electron chi connectivity index (χ0n) is 22.0. The van der Waals surface area contributed by atoms with Crippen molar-refractivity contribution in [2.24, 2.45) is 17.6 Å².